The summed E-state index contributed by atoms with van der Waals surface area (Å²) < 4.78 is 14.0. The van der Waals surface area contributed by atoms with Crippen LogP contribution in [-0.4, -0.2) is 11.0 Å². The van der Waals surface area contributed by atoms with Crippen LogP contribution in [0.25, 0.3) is 11.1 Å². The first kappa shape index (κ1) is 13.7. The highest BCUT2D eigenvalue weighted by molar-refractivity contribution is 5.63. The lowest BCUT2D eigenvalue weighted by Crippen LogP contribution is -2.22. The molecule has 1 aromatic carbocycles. The molecule has 0 saturated carbocycles. The number of rotatable bonds is 4. The van der Waals surface area contributed by atoms with Crippen molar-refractivity contribution in [2.45, 2.75) is 33.4 Å². The second-order valence-corrected chi connectivity index (χ2v) is 5.03. The van der Waals surface area contributed by atoms with Crippen LogP contribution in [0.1, 0.15) is 25.1 Å². The number of benzene rings is 1. The standard InChI is InChI=1S/C16H19FN2/c1-11(2)19-10-15-5-4-13(9-16(15)17)14-6-7-18-12(3)8-14/h4-9,11,19H,10H2,1-3H3. The van der Waals surface area contributed by atoms with Gasteiger partial charge in [0.25, 0.3) is 0 Å². The highest BCUT2D eigenvalue weighted by Gasteiger charge is 2.06. The molecule has 1 aromatic heterocycles. The van der Waals surface area contributed by atoms with Gasteiger partial charge in [-0.3, -0.25) is 4.98 Å². The molecular weight excluding hydrogens is 239 g/mol. The van der Waals surface area contributed by atoms with Crippen LogP contribution in [0.5, 0.6) is 0 Å². The first-order chi connectivity index (χ1) is 9.06. The summed E-state index contributed by atoms with van der Waals surface area (Å²) in [6, 6.07) is 9.59. The Balaban J connectivity index is 2.23. The maximum Gasteiger partial charge on any atom is 0.128 e. The molecule has 0 bridgehead atoms. The molecular formula is C16H19FN2. The summed E-state index contributed by atoms with van der Waals surface area (Å²) in [5.41, 5.74) is 3.51. The van der Waals surface area contributed by atoms with E-state index in [-0.39, 0.29) is 5.82 Å². The van der Waals surface area contributed by atoms with Gasteiger partial charge in [-0.25, -0.2) is 4.39 Å². The van der Waals surface area contributed by atoms with Crippen molar-refractivity contribution >= 4 is 0 Å². The zero-order valence-electron chi connectivity index (χ0n) is 11.6. The Kier molecular flexibility index (Phi) is 4.27. The molecule has 0 saturated heterocycles. The molecule has 0 atom stereocenters. The van der Waals surface area contributed by atoms with Crippen molar-refractivity contribution in [2.24, 2.45) is 0 Å². The molecule has 0 aliphatic heterocycles. The minimum atomic E-state index is -0.167. The highest BCUT2D eigenvalue weighted by atomic mass is 19.1. The molecule has 0 unspecified atom stereocenters. The van der Waals surface area contributed by atoms with Crippen molar-refractivity contribution in [1.29, 1.82) is 0 Å². The van der Waals surface area contributed by atoms with Crippen LogP contribution in [0.4, 0.5) is 4.39 Å². The van der Waals surface area contributed by atoms with Crippen LogP contribution in [0, 0.1) is 12.7 Å². The summed E-state index contributed by atoms with van der Waals surface area (Å²) in [5, 5.41) is 3.22. The number of nitrogens with zero attached hydrogens (tertiary/aromatic N) is 1. The van der Waals surface area contributed by atoms with Crippen LogP contribution in [0.3, 0.4) is 0 Å². The first-order valence-electron chi connectivity index (χ1n) is 6.51. The van der Waals surface area contributed by atoms with Crippen molar-refractivity contribution < 1.29 is 4.39 Å². The van der Waals surface area contributed by atoms with Gasteiger partial charge in [-0.1, -0.05) is 26.0 Å². The van der Waals surface area contributed by atoms with Crippen LogP contribution in [0.15, 0.2) is 36.5 Å². The maximum absolute atomic E-state index is 14.0. The van der Waals surface area contributed by atoms with Crippen molar-refractivity contribution in [3.05, 3.63) is 53.6 Å². The monoisotopic (exact) mass is 258 g/mol. The summed E-state index contributed by atoms with van der Waals surface area (Å²) in [6.07, 6.45) is 1.75. The zero-order chi connectivity index (χ0) is 13.8. The molecule has 19 heavy (non-hydrogen) atoms. The quantitative estimate of drug-likeness (QED) is 0.904. The Labute approximate surface area is 113 Å². The lowest BCUT2D eigenvalue weighted by molar-refractivity contribution is 0.553. The van der Waals surface area contributed by atoms with E-state index < -0.39 is 0 Å². The molecule has 3 heteroatoms. The van der Waals surface area contributed by atoms with Crippen molar-refractivity contribution in [3.8, 4) is 11.1 Å². The van der Waals surface area contributed by atoms with E-state index in [2.05, 4.69) is 10.3 Å². The first-order valence-corrected chi connectivity index (χ1v) is 6.51. The van der Waals surface area contributed by atoms with E-state index in [0.717, 1.165) is 16.8 Å². The predicted molar refractivity (Wildman–Crippen MR) is 76.3 cm³/mol. The molecule has 0 spiro atoms. The second kappa shape index (κ2) is 5.93. The van der Waals surface area contributed by atoms with Gasteiger partial charge in [0.1, 0.15) is 5.82 Å². The van der Waals surface area contributed by atoms with Crippen molar-refractivity contribution in [2.75, 3.05) is 0 Å². The minimum Gasteiger partial charge on any atom is -0.310 e. The van der Waals surface area contributed by atoms with Gasteiger partial charge in [0.15, 0.2) is 0 Å². The van der Waals surface area contributed by atoms with Gasteiger partial charge < -0.3 is 5.32 Å². The van der Waals surface area contributed by atoms with Crippen molar-refractivity contribution in [1.82, 2.24) is 10.3 Å². The molecule has 0 aliphatic rings. The van der Waals surface area contributed by atoms with Gasteiger partial charge in [0.2, 0.25) is 0 Å². The number of halogens is 1. The SMILES string of the molecule is Cc1cc(-c2ccc(CNC(C)C)c(F)c2)ccn1. The largest absolute Gasteiger partial charge is 0.310 e. The smallest absolute Gasteiger partial charge is 0.128 e. The number of aromatic nitrogens is 1. The Bertz CT molecular complexity index is 564. The van der Waals surface area contributed by atoms with Crippen LogP contribution in [-0.2, 0) is 6.54 Å². The lowest BCUT2D eigenvalue weighted by atomic mass is 10.0. The van der Waals surface area contributed by atoms with E-state index in [1.807, 2.05) is 45.0 Å². The van der Waals surface area contributed by atoms with Gasteiger partial charge in [0, 0.05) is 30.0 Å². The summed E-state index contributed by atoms with van der Waals surface area (Å²) in [4.78, 5) is 4.15. The lowest BCUT2D eigenvalue weighted by Gasteiger charge is -2.10. The number of aryl methyl sites for hydroxylation is 1. The topological polar surface area (TPSA) is 24.9 Å². The Morgan fingerprint density at radius 1 is 1.16 bits per heavy atom. The molecule has 0 fully saturated rings. The van der Waals surface area contributed by atoms with E-state index >= 15 is 0 Å². The van der Waals surface area contributed by atoms with Crippen LogP contribution < -0.4 is 5.32 Å². The number of hydrogen-bond donors (Lipinski definition) is 1. The molecule has 1 N–H and O–H groups in total. The van der Waals surface area contributed by atoms with Gasteiger partial charge in [0.05, 0.1) is 0 Å². The van der Waals surface area contributed by atoms with Gasteiger partial charge in [-0.15, -0.1) is 0 Å². The normalized spacial score (nSPS) is 11.0. The summed E-state index contributed by atoms with van der Waals surface area (Å²) in [5.74, 6) is -0.167. The summed E-state index contributed by atoms with van der Waals surface area (Å²) >= 11 is 0. The van der Waals surface area contributed by atoms with E-state index in [1.54, 1.807) is 12.3 Å². The molecule has 1 heterocycles. The third kappa shape index (κ3) is 3.61. The fourth-order valence-corrected chi connectivity index (χ4v) is 1.91. The van der Waals surface area contributed by atoms with Crippen molar-refractivity contribution in [3.63, 3.8) is 0 Å². The van der Waals surface area contributed by atoms with Gasteiger partial charge >= 0.3 is 0 Å². The summed E-state index contributed by atoms with van der Waals surface area (Å²) in [6.45, 7) is 6.58. The minimum absolute atomic E-state index is 0.167. The Morgan fingerprint density at radius 3 is 2.53 bits per heavy atom. The van der Waals surface area contributed by atoms with E-state index in [1.165, 1.54) is 0 Å². The highest BCUT2D eigenvalue weighted by Crippen LogP contribution is 2.22. The van der Waals surface area contributed by atoms with Gasteiger partial charge in [-0.05, 0) is 36.2 Å². The van der Waals surface area contributed by atoms with E-state index in [9.17, 15) is 4.39 Å². The number of hydrogen-bond acceptors (Lipinski definition) is 2. The molecule has 2 aromatic rings. The molecule has 0 radical (unpaired) electrons. The van der Waals surface area contributed by atoms with Crippen LogP contribution in [0.2, 0.25) is 0 Å². The zero-order valence-corrected chi connectivity index (χ0v) is 11.6. The fraction of sp³-hybridized carbons (Fsp3) is 0.312. The van der Waals surface area contributed by atoms with Gasteiger partial charge in [-0.2, -0.15) is 0 Å². The second-order valence-electron chi connectivity index (χ2n) is 5.03. The maximum atomic E-state index is 14.0. The average molecular weight is 258 g/mol. The molecule has 0 aliphatic carbocycles. The predicted octanol–water partition coefficient (Wildman–Crippen LogP) is 3.69. The fourth-order valence-electron chi connectivity index (χ4n) is 1.91. The third-order valence-electron chi connectivity index (χ3n) is 2.98. The van der Waals surface area contributed by atoms with Crippen LogP contribution >= 0.6 is 0 Å². The average Bonchev–Trinajstić information content (AvgIpc) is 2.37. The van der Waals surface area contributed by atoms with E-state index in [0.29, 0.717) is 18.2 Å². The Morgan fingerprint density at radius 2 is 1.89 bits per heavy atom. The molecule has 100 valence electrons. The number of pyridine rings is 1. The molecule has 0 amide bonds. The number of nitrogens with one attached hydrogen (secondary N) is 1. The summed E-state index contributed by atoms with van der Waals surface area (Å²) in [7, 11) is 0. The molecule has 2 nitrogen and oxygen atoms in total. The molecule has 2 rings (SSSR count). The Hall–Kier alpha value is -1.74. The third-order valence-corrected chi connectivity index (χ3v) is 2.98. The van der Waals surface area contributed by atoms with E-state index in [4.69, 9.17) is 0 Å².